The maximum atomic E-state index is 14.3. The van der Waals surface area contributed by atoms with Crippen molar-refractivity contribution < 1.29 is 22.7 Å². The van der Waals surface area contributed by atoms with Gasteiger partial charge in [0.25, 0.3) is 5.91 Å². The van der Waals surface area contributed by atoms with Crippen molar-refractivity contribution in [3.8, 4) is 5.75 Å². The average molecular weight is 423 g/mol. The van der Waals surface area contributed by atoms with Crippen LogP contribution in [0.25, 0.3) is 11.1 Å². The van der Waals surface area contributed by atoms with Gasteiger partial charge in [-0.2, -0.15) is 0 Å². The zero-order valence-electron chi connectivity index (χ0n) is 15.2. The van der Waals surface area contributed by atoms with Crippen LogP contribution in [-0.4, -0.2) is 35.5 Å². The molecule has 9 heteroatoms. The maximum absolute atomic E-state index is 14.3. The molecule has 6 nitrogen and oxygen atoms in total. The zero-order valence-corrected chi connectivity index (χ0v) is 16.0. The number of aromatic nitrogens is 1. The van der Waals surface area contributed by atoms with Crippen molar-refractivity contribution in [1.29, 1.82) is 0 Å². The third-order valence-corrected chi connectivity index (χ3v) is 5.30. The Kier molecular flexibility index (Phi) is 5.27. The predicted molar refractivity (Wildman–Crippen MR) is 102 cm³/mol. The minimum Gasteiger partial charge on any atom is -0.492 e. The number of nitrogens with one attached hydrogen (secondary N) is 1. The number of H-pyrrole nitrogens is 1. The number of halogens is 3. The number of likely N-dealkylation sites (tertiary alicyclic amines) is 1. The molecule has 0 atom stereocenters. The van der Waals surface area contributed by atoms with E-state index >= 15 is 0 Å². The number of ether oxygens (including phenoxy) is 1. The molecule has 0 unspecified atom stereocenters. The number of oxazole rings is 1. The number of hydrogen-bond donors (Lipinski definition) is 1. The fraction of sp³-hybridized carbons (Fsp3) is 0.300. The highest BCUT2D eigenvalue weighted by atomic mass is 35.5. The number of hydrogen-bond acceptors (Lipinski definition) is 4. The Bertz CT molecular complexity index is 1120. The molecule has 1 aromatic heterocycles. The van der Waals surface area contributed by atoms with Gasteiger partial charge in [-0.3, -0.25) is 9.78 Å². The van der Waals surface area contributed by atoms with E-state index in [0.717, 1.165) is 6.07 Å². The molecule has 2 heterocycles. The molecule has 0 spiro atoms. The van der Waals surface area contributed by atoms with Gasteiger partial charge in [0.15, 0.2) is 5.58 Å². The largest absolute Gasteiger partial charge is 0.492 e. The summed E-state index contributed by atoms with van der Waals surface area (Å²) in [7, 11) is 0. The molecule has 0 bridgehead atoms. The van der Waals surface area contributed by atoms with Crippen LogP contribution >= 0.6 is 11.6 Å². The zero-order chi connectivity index (χ0) is 20.5. The highest BCUT2D eigenvalue weighted by Gasteiger charge is 2.26. The van der Waals surface area contributed by atoms with Gasteiger partial charge in [-0.1, -0.05) is 11.6 Å². The lowest BCUT2D eigenvalue weighted by Gasteiger charge is -2.32. The van der Waals surface area contributed by atoms with Crippen LogP contribution in [0.5, 0.6) is 5.75 Å². The van der Waals surface area contributed by atoms with Crippen LogP contribution in [0.15, 0.2) is 39.5 Å². The molecule has 2 aromatic carbocycles. The SMILES string of the molecule is O=C(c1cc2[nH]c(=O)oc2cc1F)N1CCC(COc2ccc(F)cc2Cl)CC1. The fourth-order valence-electron chi connectivity index (χ4n) is 3.41. The first-order valence-corrected chi connectivity index (χ1v) is 9.48. The van der Waals surface area contributed by atoms with Crippen molar-refractivity contribution in [3.63, 3.8) is 0 Å². The summed E-state index contributed by atoms with van der Waals surface area (Å²) in [4.78, 5) is 27.9. The van der Waals surface area contributed by atoms with E-state index in [4.69, 9.17) is 20.8 Å². The van der Waals surface area contributed by atoms with Crippen molar-refractivity contribution in [2.24, 2.45) is 5.92 Å². The summed E-state index contributed by atoms with van der Waals surface area (Å²) < 4.78 is 37.9. The Hall–Kier alpha value is -2.87. The summed E-state index contributed by atoms with van der Waals surface area (Å²) in [6.07, 6.45) is 1.36. The van der Waals surface area contributed by atoms with Crippen LogP contribution in [0.3, 0.4) is 0 Å². The van der Waals surface area contributed by atoms with Gasteiger partial charge in [0, 0.05) is 19.2 Å². The molecule has 152 valence electrons. The molecule has 1 aliphatic rings. The molecular weight excluding hydrogens is 406 g/mol. The van der Waals surface area contributed by atoms with E-state index < -0.39 is 23.3 Å². The second-order valence-corrected chi connectivity index (χ2v) is 7.37. The molecule has 3 aromatic rings. The standard InChI is InChI=1S/C20H17ClF2N2O4/c21-14-7-12(22)1-2-17(14)28-10-11-3-5-25(6-4-11)19(26)13-8-16-18(9-15(13)23)29-20(27)24-16/h1-2,7-9,11H,3-6,10H2,(H,24,27). The van der Waals surface area contributed by atoms with E-state index in [0.29, 0.717) is 38.3 Å². The Labute approximate surface area is 169 Å². The Balaban J connectivity index is 1.37. The molecule has 1 N–H and O–H groups in total. The summed E-state index contributed by atoms with van der Waals surface area (Å²) in [5, 5.41) is 0.209. The fourth-order valence-corrected chi connectivity index (χ4v) is 3.63. The number of rotatable bonds is 4. The summed E-state index contributed by atoms with van der Waals surface area (Å²) in [5.74, 6) is -1.70. The molecule has 1 amide bonds. The lowest BCUT2D eigenvalue weighted by atomic mass is 9.97. The van der Waals surface area contributed by atoms with E-state index in [1.165, 1.54) is 24.3 Å². The van der Waals surface area contributed by atoms with Gasteiger partial charge in [0.2, 0.25) is 0 Å². The third kappa shape index (κ3) is 4.12. The van der Waals surface area contributed by atoms with Crippen molar-refractivity contribution in [2.45, 2.75) is 12.8 Å². The van der Waals surface area contributed by atoms with E-state index in [1.807, 2.05) is 0 Å². The van der Waals surface area contributed by atoms with Crippen molar-refractivity contribution >= 4 is 28.6 Å². The van der Waals surface area contributed by atoms with E-state index in [9.17, 15) is 18.4 Å². The summed E-state index contributed by atoms with van der Waals surface area (Å²) in [6, 6.07) is 6.28. The average Bonchev–Trinajstić information content (AvgIpc) is 3.05. The number of carbonyl (C=O) groups is 1. The second kappa shape index (κ2) is 7.87. The predicted octanol–water partition coefficient (Wildman–Crippen LogP) is 3.98. The first-order chi connectivity index (χ1) is 13.9. The van der Waals surface area contributed by atoms with Crippen LogP contribution in [0, 0.1) is 17.6 Å². The van der Waals surface area contributed by atoms with E-state index in [1.54, 1.807) is 4.90 Å². The highest BCUT2D eigenvalue weighted by Crippen LogP contribution is 2.27. The monoisotopic (exact) mass is 422 g/mol. The van der Waals surface area contributed by atoms with Gasteiger partial charge in [-0.15, -0.1) is 0 Å². The van der Waals surface area contributed by atoms with Crippen LogP contribution in [0.2, 0.25) is 5.02 Å². The number of amides is 1. The summed E-state index contributed by atoms with van der Waals surface area (Å²) >= 11 is 5.96. The molecular formula is C20H17ClF2N2O4. The Morgan fingerprint density at radius 3 is 2.72 bits per heavy atom. The third-order valence-electron chi connectivity index (χ3n) is 5.01. The van der Waals surface area contributed by atoms with E-state index in [-0.39, 0.29) is 27.6 Å². The van der Waals surface area contributed by atoms with Gasteiger partial charge in [-0.05, 0) is 43.0 Å². The number of benzene rings is 2. The molecule has 1 fully saturated rings. The number of piperidine rings is 1. The van der Waals surface area contributed by atoms with Crippen LogP contribution in [0.4, 0.5) is 8.78 Å². The van der Waals surface area contributed by atoms with E-state index in [2.05, 4.69) is 4.98 Å². The number of nitrogens with zero attached hydrogens (tertiary/aromatic N) is 1. The molecule has 0 radical (unpaired) electrons. The second-order valence-electron chi connectivity index (χ2n) is 6.96. The molecule has 29 heavy (non-hydrogen) atoms. The van der Waals surface area contributed by atoms with Crippen LogP contribution in [-0.2, 0) is 0 Å². The normalized spacial score (nSPS) is 15.1. The van der Waals surface area contributed by atoms with Gasteiger partial charge in [-0.25, -0.2) is 13.6 Å². The van der Waals surface area contributed by atoms with Crippen molar-refractivity contribution in [3.05, 3.63) is 63.1 Å². The molecule has 0 saturated carbocycles. The van der Waals surface area contributed by atoms with Crippen molar-refractivity contribution in [1.82, 2.24) is 9.88 Å². The number of fused-ring (bicyclic) bond motifs is 1. The van der Waals surface area contributed by atoms with Gasteiger partial charge in [0.1, 0.15) is 17.4 Å². The topological polar surface area (TPSA) is 75.5 Å². The minimum atomic E-state index is -0.735. The first kappa shape index (κ1) is 19.4. The van der Waals surface area contributed by atoms with Crippen LogP contribution < -0.4 is 10.5 Å². The molecule has 1 aliphatic heterocycles. The molecule has 4 rings (SSSR count). The quantitative estimate of drug-likeness (QED) is 0.690. The Morgan fingerprint density at radius 1 is 1.24 bits per heavy atom. The maximum Gasteiger partial charge on any atom is 0.417 e. The highest BCUT2D eigenvalue weighted by molar-refractivity contribution is 6.32. The smallest absolute Gasteiger partial charge is 0.417 e. The summed E-state index contributed by atoms with van der Waals surface area (Å²) in [6.45, 7) is 1.29. The lowest BCUT2D eigenvalue weighted by molar-refractivity contribution is 0.0656. The number of aromatic amines is 1. The molecule has 1 saturated heterocycles. The molecule has 0 aliphatic carbocycles. The Morgan fingerprint density at radius 2 is 2.00 bits per heavy atom. The minimum absolute atomic E-state index is 0.0689. The first-order valence-electron chi connectivity index (χ1n) is 9.10. The van der Waals surface area contributed by atoms with Gasteiger partial charge >= 0.3 is 5.76 Å². The van der Waals surface area contributed by atoms with Gasteiger partial charge < -0.3 is 14.1 Å². The van der Waals surface area contributed by atoms with Gasteiger partial charge in [0.05, 0.1) is 22.7 Å². The van der Waals surface area contributed by atoms with Crippen molar-refractivity contribution in [2.75, 3.05) is 19.7 Å². The lowest BCUT2D eigenvalue weighted by Crippen LogP contribution is -2.40. The summed E-state index contributed by atoms with van der Waals surface area (Å²) in [5.41, 5.74) is 0.237. The van der Waals surface area contributed by atoms with Crippen LogP contribution in [0.1, 0.15) is 23.2 Å². The number of carbonyl (C=O) groups excluding carboxylic acids is 1.